The summed E-state index contributed by atoms with van der Waals surface area (Å²) in [7, 11) is 4.19. The molecule has 0 aliphatic carbocycles. The number of fused-ring (bicyclic) bond motifs is 1. The van der Waals surface area contributed by atoms with Gasteiger partial charge in [0.05, 0.1) is 26.0 Å². The van der Waals surface area contributed by atoms with E-state index in [0.29, 0.717) is 28.9 Å². The van der Waals surface area contributed by atoms with Gasteiger partial charge in [-0.15, -0.1) is 0 Å². The predicted molar refractivity (Wildman–Crippen MR) is 211 cm³/mol. The average Bonchev–Trinajstić information content (AvgIpc) is 3.63. The molecule has 1 amide bonds. The molecule has 4 aromatic carbocycles. The number of methoxy groups -OCH3 is 2. The standard InChI is InChI=1S/C26H28O6.C18H12F5N3O/c1-5-6-10-21-17(2)20-13-12-19(14-24(20)32-26(21)28)31-15-18-9-7-8-11-22(18)23(16-29-3)25(27)30-4;1-26-8-11(16(25-26)17(22)23)18(27)24-14-5-3-2-4-10(14)9-6-12(19)15(21)13(20)7-9/h7-9,11-14,16H,5-6,10,15H2,1-4H3;2-8,17H,1H3,(H,24,27)/b23-16+;. The van der Waals surface area contributed by atoms with E-state index in [0.717, 1.165) is 57.9 Å². The van der Waals surface area contributed by atoms with Gasteiger partial charge in [-0.1, -0.05) is 55.8 Å². The van der Waals surface area contributed by atoms with Crippen LogP contribution in [0.2, 0.25) is 0 Å². The van der Waals surface area contributed by atoms with Crippen LogP contribution in [0.25, 0.3) is 27.7 Å². The first-order valence-electron chi connectivity index (χ1n) is 18.2. The first kappa shape index (κ1) is 43.4. The smallest absolute Gasteiger partial charge is 0.341 e. The lowest BCUT2D eigenvalue weighted by Crippen LogP contribution is -2.14. The molecule has 308 valence electrons. The summed E-state index contributed by atoms with van der Waals surface area (Å²) >= 11 is 0. The van der Waals surface area contributed by atoms with Gasteiger partial charge < -0.3 is 23.9 Å². The van der Waals surface area contributed by atoms with Gasteiger partial charge in [-0.25, -0.2) is 31.5 Å². The summed E-state index contributed by atoms with van der Waals surface area (Å²) in [4.78, 5) is 37.1. The van der Waals surface area contributed by atoms with E-state index in [1.807, 2.05) is 37.3 Å². The molecule has 0 saturated carbocycles. The van der Waals surface area contributed by atoms with Gasteiger partial charge >= 0.3 is 11.6 Å². The Bertz CT molecular complexity index is 2540. The van der Waals surface area contributed by atoms with E-state index < -0.39 is 41.4 Å². The molecule has 0 aliphatic rings. The monoisotopic (exact) mass is 817 g/mol. The minimum absolute atomic E-state index is 0.0254. The fourth-order valence-corrected chi connectivity index (χ4v) is 6.21. The molecule has 2 aromatic heterocycles. The number of esters is 1. The maximum Gasteiger partial charge on any atom is 0.341 e. The highest BCUT2D eigenvalue weighted by Gasteiger charge is 2.24. The van der Waals surface area contributed by atoms with Crippen molar-refractivity contribution in [3.05, 3.63) is 153 Å². The van der Waals surface area contributed by atoms with Crippen LogP contribution in [0, 0.1) is 24.4 Å². The molecule has 0 radical (unpaired) electrons. The topological polar surface area (TPSA) is 122 Å². The number of nitrogens with one attached hydrogen (secondary N) is 1. The normalized spacial score (nSPS) is 11.3. The highest BCUT2D eigenvalue weighted by Crippen LogP contribution is 2.32. The molecule has 0 fully saturated rings. The highest BCUT2D eigenvalue weighted by molar-refractivity contribution is 6.16. The summed E-state index contributed by atoms with van der Waals surface area (Å²) in [6.45, 7) is 4.26. The number of para-hydroxylation sites is 1. The summed E-state index contributed by atoms with van der Waals surface area (Å²) in [6, 6.07) is 20.4. The number of carbonyl (C=O) groups excluding carboxylic acids is 2. The third-order valence-electron chi connectivity index (χ3n) is 9.16. The van der Waals surface area contributed by atoms with Crippen LogP contribution in [-0.2, 0) is 34.3 Å². The fourth-order valence-electron chi connectivity index (χ4n) is 6.21. The molecule has 1 N–H and O–H groups in total. The number of nitrogens with zero attached hydrogens (tertiary/aromatic N) is 2. The SMILES string of the molecule is CCCCc1c(C)c2ccc(OCc3ccccc3/C(=C\OC)C(=O)OC)cc2oc1=O.Cn1cc(C(=O)Nc2ccccc2-c2cc(F)c(F)c(F)c2)c(C(F)F)n1. The average molecular weight is 818 g/mol. The number of unbranched alkanes of at least 4 members (excludes halogenated alkanes) is 1. The Morgan fingerprint density at radius 3 is 2.32 bits per heavy atom. The van der Waals surface area contributed by atoms with E-state index in [9.17, 15) is 36.3 Å². The van der Waals surface area contributed by atoms with Crippen molar-refractivity contribution in [2.75, 3.05) is 19.5 Å². The van der Waals surface area contributed by atoms with Crippen molar-refractivity contribution in [2.45, 2.75) is 46.1 Å². The van der Waals surface area contributed by atoms with Gasteiger partial charge in [-0.2, -0.15) is 5.10 Å². The van der Waals surface area contributed by atoms with Crippen LogP contribution in [0.1, 0.15) is 64.5 Å². The molecule has 6 aromatic rings. The van der Waals surface area contributed by atoms with Crippen molar-refractivity contribution in [1.82, 2.24) is 9.78 Å². The van der Waals surface area contributed by atoms with E-state index in [-0.39, 0.29) is 34.6 Å². The van der Waals surface area contributed by atoms with Crippen molar-refractivity contribution in [1.29, 1.82) is 0 Å². The molecule has 0 aliphatic heterocycles. The van der Waals surface area contributed by atoms with E-state index >= 15 is 0 Å². The van der Waals surface area contributed by atoms with Gasteiger partial charge in [0, 0.05) is 41.5 Å². The van der Waals surface area contributed by atoms with Gasteiger partial charge in [-0.05, 0) is 72.4 Å². The van der Waals surface area contributed by atoms with E-state index in [1.165, 1.54) is 45.7 Å². The van der Waals surface area contributed by atoms with Crippen LogP contribution in [0.5, 0.6) is 5.75 Å². The summed E-state index contributed by atoms with van der Waals surface area (Å²) in [5, 5.41) is 6.88. The summed E-state index contributed by atoms with van der Waals surface area (Å²) in [5.74, 6) is -5.20. The number of halogens is 5. The Morgan fingerprint density at radius 1 is 0.949 bits per heavy atom. The number of amides is 1. The zero-order valence-electron chi connectivity index (χ0n) is 32.7. The fraction of sp³-hybridized carbons (Fsp3) is 0.227. The molecule has 0 bridgehead atoms. The number of carbonyl (C=O) groups is 2. The lowest BCUT2D eigenvalue weighted by molar-refractivity contribution is -0.133. The number of hydrogen-bond acceptors (Lipinski definition) is 8. The Hall–Kier alpha value is -6.77. The minimum Gasteiger partial charge on any atom is -0.503 e. The van der Waals surface area contributed by atoms with Gasteiger partial charge in [0.1, 0.15) is 29.2 Å². The first-order chi connectivity index (χ1) is 28.3. The second-order valence-electron chi connectivity index (χ2n) is 13.1. The molecule has 10 nitrogen and oxygen atoms in total. The molecule has 2 heterocycles. The number of aryl methyl sites for hydroxylation is 2. The van der Waals surface area contributed by atoms with Crippen molar-refractivity contribution in [2.24, 2.45) is 7.05 Å². The van der Waals surface area contributed by atoms with Crippen molar-refractivity contribution in [3.63, 3.8) is 0 Å². The van der Waals surface area contributed by atoms with Gasteiger partial charge in [-0.3, -0.25) is 9.48 Å². The summed E-state index contributed by atoms with van der Waals surface area (Å²) in [5.41, 5.74) is 2.88. The Balaban J connectivity index is 0.000000227. The van der Waals surface area contributed by atoms with Crippen LogP contribution in [0.15, 0.2) is 101 Å². The maximum atomic E-state index is 13.5. The van der Waals surface area contributed by atoms with E-state index in [2.05, 4.69) is 17.3 Å². The molecular formula is C44H40F5N3O7. The van der Waals surface area contributed by atoms with Crippen molar-refractivity contribution in [3.8, 4) is 16.9 Å². The highest BCUT2D eigenvalue weighted by atomic mass is 19.3. The molecule has 6 rings (SSSR count). The number of ether oxygens (including phenoxy) is 3. The van der Waals surface area contributed by atoms with Crippen LogP contribution in [0.4, 0.5) is 27.6 Å². The summed E-state index contributed by atoms with van der Waals surface area (Å²) < 4.78 is 88.9. The van der Waals surface area contributed by atoms with Crippen molar-refractivity contribution >= 4 is 34.1 Å². The van der Waals surface area contributed by atoms with Crippen molar-refractivity contribution < 1.29 is 50.2 Å². The molecule has 0 spiro atoms. The number of hydrogen-bond donors (Lipinski definition) is 1. The third kappa shape index (κ3) is 10.2. The lowest BCUT2D eigenvalue weighted by atomic mass is 10.0. The largest absolute Gasteiger partial charge is 0.503 e. The second kappa shape index (κ2) is 19.6. The molecule has 15 heteroatoms. The van der Waals surface area contributed by atoms with Crippen LogP contribution >= 0.6 is 0 Å². The van der Waals surface area contributed by atoms with Gasteiger partial charge in [0.2, 0.25) is 0 Å². The Kier molecular flexibility index (Phi) is 14.4. The van der Waals surface area contributed by atoms with Crippen LogP contribution in [-0.4, -0.2) is 35.9 Å². The molecule has 0 atom stereocenters. The number of anilines is 1. The van der Waals surface area contributed by atoms with Gasteiger partial charge in [0.25, 0.3) is 12.3 Å². The molecular weight excluding hydrogens is 777 g/mol. The second-order valence-corrected chi connectivity index (χ2v) is 13.1. The van der Waals surface area contributed by atoms with E-state index in [4.69, 9.17) is 18.6 Å². The number of rotatable bonds is 13. The quantitative estimate of drug-likeness (QED) is 0.0305. The Labute approximate surface area is 335 Å². The molecule has 0 saturated heterocycles. The zero-order chi connectivity index (χ0) is 42.8. The minimum atomic E-state index is -2.96. The number of benzene rings is 4. The van der Waals surface area contributed by atoms with Gasteiger partial charge in [0.15, 0.2) is 17.5 Å². The zero-order valence-corrected chi connectivity index (χ0v) is 32.7. The number of alkyl halides is 2. The van der Waals surface area contributed by atoms with E-state index in [1.54, 1.807) is 18.2 Å². The maximum absolute atomic E-state index is 13.5. The summed E-state index contributed by atoms with van der Waals surface area (Å²) in [6.07, 6.45) is 2.21. The third-order valence-corrected chi connectivity index (χ3v) is 9.16. The molecule has 59 heavy (non-hydrogen) atoms. The predicted octanol–water partition coefficient (Wildman–Crippen LogP) is 9.88. The van der Waals surface area contributed by atoms with Crippen LogP contribution < -0.4 is 15.7 Å². The molecule has 0 unspecified atom stereocenters. The Morgan fingerprint density at radius 2 is 1.64 bits per heavy atom. The lowest BCUT2D eigenvalue weighted by Gasteiger charge is -2.13. The first-order valence-corrected chi connectivity index (χ1v) is 18.2. The number of aromatic nitrogens is 2. The van der Waals surface area contributed by atoms with Crippen LogP contribution in [0.3, 0.4) is 0 Å².